The molecular weight excluding hydrogens is 322 g/mol. The maximum absolute atomic E-state index is 11.9. The maximum Gasteiger partial charge on any atom is 0.269 e. The van der Waals surface area contributed by atoms with Crippen molar-refractivity contribution in [2.75, 3.05) is 25.0 Å². The molecule has 0 fully saturated rings. The molecule has 0 saturated heterocycles. The lowest BCUT2D eigenvalue weighted by atomic mass is 10.1. The number of benzene rings is 2. The zero-order valence-corrected chi connectivity index (χ0v) is 14.0. The summed E-state index contributed by atoms with van der Waals surface area (Å²) in [7, 11) is 0. The molecule has 25 heavy (non-hydrogen) atoms. The van der Waals surface area contributed by atoms with Gasteiger partial charge in [0.1, 0.15) is 5.75 Å². The molecule has 0 aliphatic heterocycles. The van der Waals surface area contributed by atoms with Crippen LogP contribution in [0.3, 0.4) is 0 Å². The van der Waals surface area contributed by atoms with Gasteiger partial charge in [-0.1, -0.05) is 12.1 Å². The fraction of sp³-hybridized carbons (Fsp3) is 0.278. The first kappa shape index (κ1) is 18.3. The van der Waals surface area contributed by atoms with Crippen molar-refractivity contribution in [1.29, 1.82) is 0 Å². The molecular formula is C18H21N3O4. The lowest BCUT2D eigenvalue weighted by Crippen LogP contribution is -2.29. The lowest BCUT2D eigenvalue weighted by Gasteiger charge is -2.08. The van der Waals surface area contributed by atoms with E-state index in [1.165, 1.54) is 12.1 Å². The second-order valence-corrected chi connectivity index (χ2v) is 5.33. The number of rotatable bonds is 9. The lowest BCUT2D eigenvalue weighted by molar-refractivity contribution is -0.384. The van der Waals surface area contributed by atoms with Crippen molar-refractivity contribution in [3.8, 4) is 5.75 Å². The summed E-state index contributed by atoms with van der Waals surface area (Å²) in [5.74, 6) is 0.730. The van der Waals surface area contributed by atoms with E-state index < -0.39 is 4.92 Å². The van der Waals surface area contributed by atoms with Gasteiger partial charge in [-0.05, 0) is 36.8 Å². The first-order chi connectivity index (χ1) is 12.1. The van der Waals surface area contributed by atoms with E-state index in [1.807, 2.05) is 31.2 Å². The average Bonchev–Trinajstić information content (AvgIpc) is 2.61. The van der Waals surface area contributed by atoms with E-state index in [4.69, 9.17) is 4.74 Å². The number of carbonyl (C=O) groups excluding carboxylic acids is 1. The van der Waals surface area contributed by atoms with Crippen LogP contribution < -0.4 is 15.4 Å². The molecule has 7 nitrogen and oxygen atoms in total. The van der Waals surface area contributed by atoms with Gasteiger partial charge in [0, 0.05) is 30.9 Å². The molecule has 132 valence electrons. The van der Waals surface area contributed by atoms with E-state index in [2.05, 4.69) is 10.6 Å². The van der Waals surface area contributed by atoms with Crippen LogP contribution in [-0.2, 0) is 11.2 Å². The Kier molecular flexibility index (Phi) is 6.76. The normalized spacial score (nSPS) is 10.1. The zero-order valence-electron chi connectivity index (χ0n) is 14.0. The van der Waals surface area contributed by atoms with E-state index in [9.17, 15) is 14.9 Å². The van der Waals surface area contributed by atoms with E-state index in [1.54, 1.807) is 12.1 Å². The number of amides is 1. The Bertz CT molecular complexity index is 699. The van der Waals surface area contributed by atoms with Crippen molar-refractivity contribution >= 4 is 17.3 Å². The van der Waals surface area contributed by atoms with E-state index in [-0.39, 0.29) is 11.6 Å². The van der Waals surface area contributed by atoms with Crippen LogP contribution in [-0.4, -0.2) is 30.5 Å². The summed E-state index contributed by atoms with van der Waals surface area (Å²) >= 11 is 0. The minimum Gasteiger partial charge on any atom is -0.494 e. The number of anilines is 1. The molecule has 7 heteroatoms. The van der Waals surface area contributed by atoms with Crippen LogP contribution in [0.5, 0.6) is 5.75 Å². The molecule has 2 N–H and O–H groups in total. The predicted molar refractivity (Wildman–Crippen MR) is 95.9 cm³/mol. The summed E-state index contributed by atoms with van der Waals surface area (Å²) in [6, 6.07) is 13.6. The van der Waals surface area contributed by atoms with Gasteiger partial charge in [-0.2, -0.15) is 0 Å². The molecule has 0 aromatic heterocycles. The summed E-state index contributed by atoms with van der Waals surface area (Å²) in [5.41, 5.74) is 1.74. The predicted octanol–water partition coefficient (Wildman–Crippen LogP) is 2.76. The summed E-state index contributed by atoms with van der Waals surface area (Å²) in [5, 5.41) is 16.5. The summed E-state index contributed by atoms with van der Waals surface area (Å²) in [6.07, 6.45) is 0.309. The average molecular weight is 343 g/mol. The van der Waals surface area contributed by atoms with Crippen molar-refractivity contribution in [2.24, 2.45) is 0 Å². The largest absolute Gasteiger partial charge is 0.494 e. The maximum atomic E-state index is 11.9. The second-order valence-electron chi connectivity index (χ2n) is 5.33. The Hall–Kier alpha value is -3.09. The number of nitro groups is 1. The Labute approximate surface area is 146 Å². The molecule has 2 aromatic rings. The van der Waals surface area contributed by atoms with Crippen LogP contribution in [0.15, 0.2) is 48.5 Å². The number of nitro benzene ring substituents is 1. The summed E-state index contributed by atoms with van der Waals surface area (Å²) in [6.45, 7) is 3.54. The SMILES string of the molecule is CCOc1ccc(CC(=O)NCCNc2ccc([N+](=O)[O-])cc2)cc1. The number of nitrogens with one attached hydrogen (secondary N) is 2. The van der Waals surface area contributed by atoms with Crippen LogP contribution >= 0.6 is 0 Å². The quantitative estimate of drug-likeness (QED) is 0.415. The van der Waals surface area contributed by atoms with Gasteiger partial charge in [-0.3, -0.25) is 14.9 Å². The monoisotopic (exact) mass is 343 g/mol. The van der Waals surface area contributed by atoms with E-state index in [0.29, 0.717) is 26.1 Å². The Morgan fingerprint density at radius 3 is 2.36 bits per heavy atom. The molecule has 0 aliphatic carbocycles. The standard InChI is InChI=1S/C18H21N3O4/c1-2-25-17-9-3-14(4-10-17)13-18(22)20-12-11-19-15-5-7-16(8-6-15)21(23)24/h3-10,19H,2,11-13H2,1H3,(H,20,22). The smallest absolute Gasteiger partial charge is 0.269 e. The summed E-state index contributed by atoms with van der Waals surface area (Å²) in [4.78, 5) is 22.0. The van der Waals surface area contributed by atoms with Gasteiger partial charge in [-0.15, -0.1) is 0 Å². The van der Waals surface area contributed by atoms with Crippen LogP contribution in [0, 0.1) is 10.1 Å². The topological polar surface area (TPSA) is 93.5 Å². The molecule has 0 bridgehead atoms. The highest BCUT2D eigenvalue weighted by Crippen LogP contribution is 2.15. The van der Waals surface area contributed by atoms with Gasteiger partial charge in [0.15, 0.2) is 0 Å². The fourth-order valence-electron chi connectivity index (χ4n) is 2.23. The Balaban J connectivity index is 1.68. The molecule has 0 heterocycles. The van der Waals surface area contributed by atoms with E-state index >= 15 is 0 Å². The molecule has 0 radical (unpaired) electrons. The van der Waals surface area contributed by atoms with Crippen molar-refractivity contribution in [3.05, 3.63) is 64.2 Å². The van der Waals surface area contributed by atoms with Crippen LogP contribution in [0.1, 0.15) is 12.5 Å². The van der Waals surface area contributed by atoms with Gasteiger partial charge in [-0.25, -0.2) is 0 Å². The molecule has 0 atom stereocenters. The van der Waals surface area contributed by atoms with Crippen molar-refractivity contribution in [1.82, 2.24) is 5.32 Å². The van der Waals surface area contributed by atoms with Gasteiger partial charge >= 0.3 is 0 Å². The highest BCUT2D eigenvalue weighted by molar-refractivity contribution is 5.78. The number of nitrogens with zero attached hydrogens (tertiary/aromatic N) is 1. The number of ether oxygens (including phenoxy) is 1. The highest BCUT2D eigenvalue weighted by atomic mass is 16.6. The van der Waals surface area contributed by atoms with Crippen LogP contribution in [0.4, 0.5) is 11.4 Å². The third-order valence-electron chi connectivity index (χ3n) is 3.45. The highest BCUT2D eigenvalue weighted by Gasteiger charge is 2.05. The van der Waals surface area contributed by atoms with E-state index in [0.717, 1.165) is 17.0 Å². The van der Waals surface area contributed by atoms with Crippen molar-refractivity contribution < 1.29 is 14.5 Å². The second kappa shape index (κ2) is 9.27. The number of non-ortho nitro benzene ring substituents is 1. The third-order valence-corrected chi connectivity index (χ3v) is 3.45. The Morgan fingerprint density at radius 2 is 1.76 bits per heavy atom. The van der Waals surface area contributed by atoms with Crippen LogP contribution in [0.2, 0.25) is 0 Å². The molecule has 0 saturated carbocycles. The first-order valence-electron chi connectivity index (χ1n) is 8.05. The zero-order chi connectivity index (χ0) is 18.1. The van der Waals surface area contributed by atoms with Crippen molar-refractivity contribution in [3.63, 3.8) is 0 Å². The van der Waals surface area contributed by atoms with Gasteiger partial charge in [0.05, 0.1) is 18.0 Å². The van der Waals surface area contributed by atoms with Gasteiger partial charge < -0.3 is 15.4 Å². The molecule has 1 amide bonds. The number of hydrogen-bond donors (Lipinski definition) is 2. The molecule has 0 spiro atoms. The number of carbonyl (C=O) groups is 1. The third kappa shape index (κ3) is 6.14. The molecule has 0 aliphatic rings. The first-order valence-corrected chi connectivity index (χ1v) is 8.05. The minimum atomic E-state index is -0.440. The Morgan fingerprint density at radius 1 is 1.08 bits per heavy atom. The summed E-state index contributed by atoms with van der Waals surface area (Å²) < 4.78 is 5.36. The van der Waals surface area contributed by atoms with Gasteiger partial charge in [0.2, 0.25) is 5.91 Å². The van der Waals surface area contributed by atoms with Crippen molar-refractivity contribution in [2.45, 2.75) is 13.3 Å². The minimum absolute atomic E-state index is 0.0502. The molecule has 0 unspecified atom stereocenters. The van der Waals surface area contributed by atoms with Crippen LogP contribution in [0.25, 0.3) is 0 Å². The fourth-order valence-corrected chi connectivity index (χ4v) is 2.23. The van der Waals surface area contributed by atoms with Gasteiger partial charge in [0.25, 0.3) is 5.69 Å². The molecule has 2 rings (SSSR count). The number of hydrogen-bond acceptors (Lipinski definition) is 5. The molecule has 2 aromatic carbocycles.